The summed E-state index contributed by atoms with van der Waals surface area (Å²) in [6.45, 7) is 4.21. The minimum absolute atomic E-state index is 0.497. The van der Waals surface area contributed by atoms with E-state index >= 15 is 0 Å². The average Bonchev–Trinajstić information content (AvgIpc) is 2.94. The molecule has 0 bridgehead atoms. The molecule has 2 fully saturated rings. The van der Waals surface area contributed by atoms with Crippen molar-refractivity contribution in [3.05, 3.63) is 24.3 Å². The summed E-state index contributed by atoms with van der Waals surface area (Å²) >= 11 is 0. The number of hydrogen-bond acceptors (Lipinski definition) is 4. The van der Waals surface area contributed by atoms with E-state index in [-0.39, 0.29) is 0 Å². The zero-order valence-corrected chi connectivity index (χ0v) is 12.0. The lowest BCUT2D eigenvalue weighted by molar-refractivity contribution is 0.0615. The van der Waals surface area contributed by atoms with Gasteiger partial charge in [0.1, 0.15) is 0 Å². The highest BCUT2D eigenvalue weighted by Gasteiger charge is 2.30. The van der Waals surface area contributed by atoms with Crippen molar-refractivity contribution in [1.82, 2.24) is 0 Å². The molecule has 1 aliphatic heterocycles. The van der Waals surface area contributed by atoms with Gasteiger partial charge in [-0.2, -0.15) is 0 Å². The van der Waals surface area contributed by atoms with E-state index in [1.165, 1.54) is 5.69 Å². The van der Waals surface area contributed by atoms with Crippen LogP contribution in [0, 0.1) is 0 Å². The van der Waals surface area contributed by atoms with E-state index in [1.807, 2.05) is 0 Å². The second-order valence-corrected chi connectivity index (χ2v) is 5.93. The second-order valence-electron chi connectivity index (χ2n) is 5.93. The summed E-state index contributed by atoms with van der Waals surface area (Å²) in [4.78, 5) is 2.35. The van der Waals surface area contributed by atoms with Gasteiger partial charge in [0, 0.05) is 31.0 Å². The Hall–Kier alpha value is -1.26. The van der Waals surface area contributed by atoms with Crippen LogP contribution in [0.1, 0.15) is 25.7 Å². The van der Waals surface area contributed by atoms with E-state index in [9.17, 15) is 5.11 Å². The normalized spacial score (nSPS) is 21.9. The number of ether oxygens (including phenoxy) is 1. The lowest BCUT2D eigenvalue weighted by atomic mass is 10.0. The van der Waals surface area contributed by atoms with Gasteiger partial charge in [0.05, 0.1) is 18.8 Å². The molecule has 4 nitrogen and oxygen atoms in total. The molecule has 0 radical (unpaired) electrons. The summed E-state index contributed by atoms with van der Waals surface area (Å²) in [5.41, 5.74) is 1.84. The average molecular weight is 276 g/mol. The van der Waals surface area contributed by atoms with Gasteiger partial charge < -0.3 is 20.1 Å². The molecular weight excluding hydrogens is 252 g/mol. The summed E-state index contributed by atoms with van der Waals surface area (Å²) < 4.78 is 5.37. The smallest absolute Gasteiger partial charge is 0.0819 e. The predicted octanol–water partition coefficient (Wildman–Crippen LogP) is 2.24. The van der Waals surface area contributed by atoms with E-state index in [1.54, 1.807) is 0 Å². The van der Waals surface area contributed by atoms with Crippen LogP contribution in [-0.2, 0) is 4.74 Å². The third kappa shape index (κ3) is 3.25. The summed E-state index contributed by atoms with van der Waals surface area (Å²) in [6, 6.07) is 8.49. The topological polar surface area (TPSA) is 44.7 Å². The van der Waals surface area contributed by atoms with Crippen LogP contribution in [0.3, 0.4) is 0 Å². The van der Waals surface area contributed by atoms with Gasteiger partial charge in [-0.3, -0.25) is 0 Å². The first-order valence-electron chi connectivity index (χ1n) is 7.64. The Morgan fingerprint density at radius 2 is 1.75 bits per heavy atom. The van der Waals surface area contributed by atoms with Crippen molar-refractivity contribution in [3.63, 3.8) is 0 Å². The van der Waals surface area contributed by atoms with Crippen LogP contribution in [0.15, 0.2) is 24.3 Å². The fourth-order valence-electron chi connectivity index (χ4n) is 3.09. The number of hydrogen-bond donors (Lipinski definition) is 2. The summed E-state index contributed by atoms with van der Waals surface area (Å²) in [7, 11) is 0. The van der Waals surface area contributed by atoms with Crippen LogP contribution in [0.4, 0.5) is 11.4 Å². The van der Waals surface area contributed by atoms with Gasteiger partial charge in [-0.1, -0.05) is 12.8 Å². The first-order chi connectivity index (χ1) is 9.75. The summed E-state index contributed by atoms with van der Waals surface area (Å²) in [5.74, 6) is 0. The molecule has 1 saturated heterocycles. The molecule has 2 aliphatic rings. The Balaban J connectivity index is 1.55. The van der Waals surface area contributed by atoms with Crippen molar-refractivity contribution in [2.45, 2.75) is 31.3 Å². The van der Waals surface area contributed by atoms with E-state index < -0.39 is 5.60 Å². The van der Waals surface area contributed by atoms with Gasteiger partial charge in [-0.05, 0) is 37.1 Å². The van der Waals surface area contributed by atoms with Gasteiger partial charge in [0.15, 0.2) is 0 Å². The standard InChI is InChI=1S/C16H24N2O2/c19-16(7-1-2-8-16)13-17-14-3-5-15(6-4-14)18-9-11-20-12-10-18/h3-6,17,19H,1-2,7-13H2. The van der Waals surface area contributed by atoms with Gasteiger partial charge in [0.2, 0.25) is 0 Å². The van der Waals surface area contributed by atoms with Crippen molar-refractivity contribution >= 4 is 11.4 Å². The van der Waals surface area contributed by atoms with Crippen molar-refractivity contribution in [3.8, 4) is 0 Å². The van der Waals surface area contributed by atoms with Gasteiger partial charge in [0.25, 0.3) is 0 Å². The number of morpholine rings is 1. The van der Waals surface area contributed by atoms with Crippen LogP contribution in [0.5, 0.6) is 0 Å². The molecule has 1 aromatic rings. The maximum absolute atomic E-state index is 10.3. The van der Waals surface area contributed by atoms with Crippen molar-refractivity contribution < 1.29 is 9.84 Å². The number of benzene rings is 1. The van der Waals surface area contributed by atoms with Crippen molar-refractivity contribution in [2.75, 3.05) is 43.1 Å². The van der Waals surface area contributed by atoms with Gasteiger partial charge in [-0.15, -0.1) is 0 Å². The fourth-order valence-corrected chi connectivity index (χ4v) is 3.09. The molecule has 1 heterocycles. The molecule has 1 saturated carbocycles. The molecule has 3 rings (SSSR count). The number of aliphatic hydroxyl groups is 1. The summed E-state index contributed by atoms with van der Waals surface area (Å²) in [6.07, 6.45) is 4.14. The number of nitrogens with one attached hydrogen (secondary N) is 1. The molecule has 0 atom stereocenters. The molecule has 1 aromatic carbocycles. The largest absolute Gasteiger partial charge is 0.388 e. The highest BCUT2D eigenvalue weighted by molar-refractivity contribution is 5.55. The lowest BCUT2D eigenvalue weighted by Gasteiger charge is -2.29. The highest BCUT2D eigenvalue weighted by Crippen LogP contribution is 2.29. The molecule has 110 valence electrons. The van der Waals surface area contributed by atoms with E-state index in [4.69, 9.17) is 4.74 Å². The maximum atomic E-state index is 10.3. The van der Waals surface area contributed by atoms with Crippen molar-refractivity contribution in [2.24, 2.45) is 0 Å². The van der Waals surface area contributed by atoms with Crippen LogP contribution < -0.4 is 10.2 Å². The first kappa shape index (κ1) is 13.7. The monoisotopic (exact) mass is 276 g/mol. The minimum atomic E-state index is -0.497. The molecule has 1 aliphatic carbocycles. The number of anilines is 2. The second kappa shape index (κ2) is 6.02. The number of rotatable bonds is 4. The Labute approximate surface area is 120 Å². The molecule has 0 aromatic heterocycles. The fraction of sp³-hybridized carbons (Fsp3) is 0.625. The Bertz CT molecular complexity index is 421. The Morgan fingerprint density at radius 3 is 2.40 bits per heavy atom. The van der Waals surface area contributed by atoms with Crippen LogP contribution in [-0.4, -0.2) is 43.6 Å². The molecule has 2 N–H and O–H groups in total. The molecule has 4 heteroatoms. The first-order valence-corrected chi connectivity index (χ1v) is 7.64. The van der Waals surface area contributed by atoms with Crippen molar-refractivity contribution in [1.29, 1.82) is 0 Å². The minimum Gasteiger partial charge on any atom is -0.388 e. The number of nitrogens with zero attached hydrogens (tertiary/aromatic N) is 1. The Morgan fingerprint density at radius 1 is 1.10 bits per heavy atom. The van der Waals surface area contributed by atoms with Crippen LogP contribution >= 0.6 is 0 Å². The van der Waals surface area contributed by atoms with E-state index in [2.05, 4.69) is 34.5 Å². The lowest BCUT2D eigenvalue weighted by Crippen LogP contribution is -2.36. The molecule has 20 heavy (non-hydrogen) atoms. The van der Waals surface area contributed by atoms with E-state index in [0.29, 0.717) is 6.54 Å². The molecule has 0 unspecified atom stereocenters. The molecular formula is C16H24N2O2. The third-order valence-corrected chi connectivity index (χ3v) is 4.40. The zero-order valence-electron chi connectivity index (χ0n) is 12.0. The third-order valence-electron chi connectivity index (χ3n) is 4.40. The van der Waals surface area contributed by atoms with Crippen LogP contribution in [0.25, 0.3) is 0 Å². The quantitative estimate of drug-likeness (QED) is 0.885. The maximum Gasteiger partial charge on any atom is 0.0819 e. The van der Waals surface area contributed by atoms with Gasteiger partial charge in [-0.25, -0.2) is 0 Å². The SMILES string of the molecule is OC1(CNc2ccc(N3CCOCC3)cc2)CCCC1. The zero-order chi connectivity index (χ0) is 13.8. The Kier molecular flexibility index (Phi) is 4.13. The van der Waals surface area contributed by atoms with E-state index in [0.717, 1.165) is 57.7 Å². The predicted molar refractivity (Wildman–Crippen MR) is 81.4 cm³/mol. The summed E-state index contributed by atoms with van der Waals surface area (Å²) in [5, 5.41) is 13.7. The highest BCUT2D eigenvalue weighted by atomic mass is 16.5. The molecule has 0 amide bonds. The van der Waals surface area contributed by atoms with Gasteiger partial charge >= 0.3 is 0 Å². The van der Waals surface area contributed by atoms with Crippen LogP contribution in [0.2, 0.25) is 0 Å². The molecule has 0 spiro atoms.